The highest BCUT2D eigenvalue weighted by Gasteiger charge is 2.41. The van der Waals surface area contributed by atoms with Crippen LogP contribution in [0.5, 0.6) is 0 Å². The van der Waals surface area contributed by atoms with Gasteiger partial charge in [-0.1, -0.05) is 6.92 Å². The Morgan fingerprint density at radius 1 is 1.38 bits per heavy atom. The minimum atomic E-state index is -0.781. The molecule has 2 unspecified atom stereocenters. The number of carbonyl (C=O) groups excluding carboxylic acids is 4. The Bertz CT molecular complexity index is 556. The second-order valence-electron chi connectivity index (χ2n) is 6.37. The van der Waals surface area contributed by atoms with Crippen molar-refractivity contribution in [3.8, 4) is 0 Å². The SMILES string of the molecule is CSN(C(=O)N1CC(C)CC1=O)C(C)C(=O)N1CCC[C@H]1C(N)=O. The van der Waals surface area contributed by atoms with E-state index in [9.17, 15) is 19.2 Å². The molecule has 134 valence electrons. The summed E-state index contributed by atoms with van der Waals surface area (Å²) in [5.41, 5.74) is 5.36. The van der Waals surface area contributed by atoms with Crippen molar-refractivity contribution in [2.45, 2.75) is 45.2 Å². The second-order valence-corrected chi connectivity index (χ2v) is 7.13. The third kappa shape index (κ3) is 3.50. The Morgan fingerprint density at radius 2 is 2.04 bits per heavy atom. The maximum Gasteiger partial charge on any atom is 0.337 e. The van der Waals surface area contributed by atoms with Crippen molar-refractivity contribution in [3.05, 3.63) is 0 Å². The first-order valence-electron chi connectivity index (χ1n) is 8.05. The van der Waals surface area contributed by atoms with Gasteiger partial charge in [0, 0.05) is 25.8 Å². The molecule has 0 aromatic rings. The molecule has 0 aromatic heterocycles. The van der Waals surface area contributed by atoms with Crippen LogP contribution in [0.15, 0.2) is 0 Å². The maximum atomic E-state index is 12.7. The van der Waals surface area contributed by atoms with Gasteiger partial charge in [-0.05, 0) is 37.6 Å². The quantitative estimate of drug-likeness (QED) is 0.735. The molecule has 8 nitrogen and oxygen atoms in total. The van der Waals surface area contributed by atoms with Gasteiger partial charge in [-0.3, -0.25) is 23.6 Å². The van der Waals surface area contributed by atoms with Crippen LogP contribution in [0.2, 0.25) is 0 Å². The summed E-state index contributed by atoms with van der Waals surface area (Å²) in [6.07, 6.45) is 3.28. The van der Waals surface area contributed by atoms with Crippen LogP contribution in [0.1, 0.15) is 33.1 Å². The van der Waals surface area contributed by atoms with Gasteiger partial charge in [-0.25, -0.2) is 4.79 Å². The van der Waals surface area contributed by atoms with E-state index in [1.165, 1.54) is 14.1 Å². The van der Waals surface area contributed by atoms with Crippen molar-refractivity contribution >= 4 is 35.7 Å². The van der Waals surface area contributed by atoms with E-state index in [-0.39, 0.29) is 17.7 Å². The van der Waals surface area contributed by atoms with Gasteiger partial charge in [0.15, 0.2) is 0 Å². The average Bonchev–Trinajstić information content (AvgIpc) is 3.13. The fourth-order valence-electron chi connectivity index (χ4n) is 3.26. The zero-order chi connectivity index (χ0) is 18.0. The molecule has 2 heterocycles. The third-order valence-corrected chi connectivity index (χ3v) is 5.37. The average molecular weight is 356 g/mol. The van der Waals surface area contributed by atoms with Crippen LogP contribution in [0, 0.1) is 5.92 Å². The van der Waals surface area contributed by atoms with E-state index in [0.29, 0.717) is 32.4 Å². The largest absolute Gasteiger partial charge is 0.368 e. The highest BCUT2D eigenvalue weighted by Crippen LogP contribution is 2.25. The minimum absolute atomic E-state index is 0.119. The molecule has 24 heavy (non-hydrogen) atoms. The van der Waals surface area contributed by atoms with Crippen LogP contribution in [0.25, 0.3) is 0 Å². The van der Waals surface area contributed by atoms with Gasteiger partial charge in [-0.15, -0.1) is 0 Å². The van der Waals surface area contributed by atoms with Gasteiger partial charge >= 0.3 is 6.03 Å². The van der Waals surface area contributed by atoms with Crippen molar-refractivity contribution in [2.75, 3.05) is 19.3 Å². The summed E-state index contributed by atoms with van der Waals surface area (Å²) in [4.78, 5) is 51.5. The third-order valence-electron chi connectivity index (χ3n) is 4.51. The molecule has 0 aliphatic carbocycles. The summed E-state index contributed by atoms with van der Waals surface area (Å²) in [5, 5.41) is 0. The summed E-state index contributed by atoms with van der Waals surface area (Å²) < 4.78 is 1.30. The predicted molar refractivity (Wildman–Crippen MR) is 89.6 cm³/mol. The first-order chi connectivity index (χ1) is 11.3. The van der Waals surface area contributed by atoms with Crippen LogP contribution in [-0.2, 0) is 14.4 Å². The molecule has 0 bridgehead atoms. The number of primary amides is 1. The van der Waals surface area contributed by atoms with Crippen LogP contribution in [-0.4, -0.2) is 69.3 Å². The van der Waals surface area contributed by atoms with Crippen LogP contribution >= 0.6 is 11.9 Å². The molecule has 2 aliphatic rings. The van der Waals surface area contributed by atoms with E-state index >= 15 is 0 Å². The lowest BCUT2D eigenvalue weighted by atomic mass is 10.2. The number of imide groups is 1. The number of hydrogen-bond donors (Lipinski definition) is 1. The standard InChI is InChI=1S/C15H24N4O4S/c1-9-7-12(20)18(8-9)15(23)19(24-3)10(2)14(22)17-6-4-5-11(17)13(16)21/h9-11H,4-8H2,1-3H3,(H2,16,21)/t9?,10?,11-/m0/s1. The van der Waals surface area contributed by atoms with E-state index in [1.54, 1.807) is 13.2 Å². The van der Waals surface area contributed by atoms with E-state index in [2.05, 4.69) is 0 Å². The first kappa shape index (κ1) is 18.6. The van der Waals surface area contributed by atoms with Crippen molar-refractivity contribution in [1.29, 1.82) is 0 Å². The normalized spacial score (nSPS) is 25.0. The Balaban J connectivity index is 2.11. The molecule has 0 radical (unpaired) electrons. The van der Waals surface area contributed by atoms with Gasteiger partial charge < -0.3 is 10.6 Å². The highest BCUT2D eigenvalue weighted by molar-refractivity contribution is 7.96. The molecule has 0 spiro atoms. The zero-order valence-electron chi connectivity index (χ0n) is 14.2. The Hall–Kier alpha value is -1.77. The van der Waals surface area contributed by atoms with Gasteiger partial charge in [0.2, 0.25) is 17.7 Å². The summed E-state index contributed by atoms with van der Waals surface area (Å²) >= 11 is 1.10. The summed E-state index contributed by atoms with van der Waals surface area (Å²) in [7, 11) is 0. The number of carbonyl (C=O) groups is 4. The minimum Gasteiger partial charge on any atom is -0.368 e. The lowest BCUT2D eigenvalue weighted by molar-refractivity contribution is -0.139. The van der Waals surface area contributed by atoms with Crippen molar-refractivity contribution in [1.82, 2.24) is 14.1 Å². The molecule has 0 aromatic carbocycles. The molecular weight excluding hydrogens is 332 g/mol. The number of hydrogen-bond acceptors (Lipinski definition) is 5. The number of amides is 5. The summed E-state index contributed by atoms with van der Waals surface area (Å²) in [6.45, 7) is 4.33. The molecule has 9 heteroatoms. The lowest BCUT2D eigenvalue weighted by Crippen LogP contribution is -2.53. The summed E-state index contributed by atoms with van der Waals surface area (Å²) in [5.74, 6) is -0.950. The van der Waals surface area contributed by atoms with Gasteiger partial charge in [-0.2, -0.15) is 0 Å². The van der Waals surface area contributed by atoms with Crippen molar-refractivity contribution in [3.63, 3.8) is 0 Å². The fourth-order valence-corrected chi connectivity index (χ4v) is 3.92. The molecular formula is C15H24N4O4S. The van der Waals surface area contributed by atoms with E-state index < -0.39 is 24.0 Å². The molecule has 2 N–H and O–H groups in total. The number of likely N-dealkylation sites (tertiary alicyclic amines) is 2. The molecule has 0 saturated carbocycles. The number of rotatable bonds is 4. The first-order valence-corrected chi connectivity index (χ1v) is 9.23. The number of nitrogens with zero attached hydrogens (tertiary/aromatic N) is 3. The molecule has 2 saturated heterocycles. The second kappa shape index (κ2) is 7.42. The van der Waals surface area contributed by atoms with Crippen molar-refractivity contribution < 1.29 is 19.2 Å². The number of nitrogens with two attached hydrogens (primary N) is 1. The zero-order valence-corrected chi connectivity index (χ0v) is 15.0. The Labute approximate surface area is 145 Å². The lowest BCUT2D eigenvalue weighted by Gasteiger charge is -2.33. The van der Waals surface area contributed by atoms with E-state index in [4.69, 9.17) is 5.73 Å². The molecule has 2 rings (SSSR count). The maximum absolute atomic E-state index is 12.7. The molecule has 2 fully saturated rings. The fraction of sp³-hybridized carbons (Fsp3) is 0.733. The monoisotopic (exact) mass is 356 g/mol. The molecule has 5 amide bonds. The van der Waals surface area contributed by atoms with E-state index in [0.717, 1.165) is 11.9 Å². The molecule has 2 aliphatic heterocycles. The topological polar surface area (TPSA) is 104 Å². The number of urea groups is 1. The van der Waals surface area contributed by atoms with Gasteiger partial charge in [0.05, 0.1) is 0 Å². The smallest absolute Gasteiger partial charge is 0.337 e. The van der Waals surface area contributed by atoms with E-state index in [1.807, 2.05) is 6.92 Å². The van der Waals surface area contributed by atoms with Crippen molar-refractivity contribution in [2.24, 2.45) is 11.7 Å². The molecule has 3 atom stereocenters. The summed E-state index contributed by atoms with van der Waals surface area (Å²) in [6, 6.07) is -1.88. The van der Waals surface area contributed by atoms with Gasteiger partial charge in [0.25, 0.3) is 0 Å². The predicted octanol–water partition coefficient (Wildman–Crippen LogP) is 0.420. The van der Waals surface area contributed by atoms with Crippen LogP contribution < -0.4 is 5.73 Å². The van der Waals surface area contributed by atoms with Crippen LogP contribution in [0.4, 0.5) is 4.79 Å². The Morgan fingerprint density at radius 3 is 2.54 bits per heavy atom. The van der Waals surface area contributed by atoms with Crippen LogP contribution in [0.3, 0.4) is 0 Å². The van der Waals surface area contributed by atoms with Gasteiger partial charge in [0.1, 0.15) is 12.1 Å². The highest BCUT2D eigenvalue weighted by atomic mass is 32.2. The Kier molecular flexibility index (Phi) is 5.74.